The number of rotatable bonds is 6. The number of benzene rings is 3. The highest BCUT2D eigenvalue weighted by atomic mass is 19.1. The lowest BCUT2D eigenvalue weighted by Gasteiger charge is -2.34. The minimum Gasteiger partial charge on any atom is -0.497 e. The molecule has 1 aliphatic rings. The largest absolute Gasteiger partial charge is 0.497 e. The summed E-state index contributed by atoms with van der Waals surface area (Å²) in [4.78, 5) is 34.2. The van der Waals surface area contributed by atoms with Gasteiger partial charge in [0.25, 0.3) is 0 Å². The molecule has 1 saturated heterocycles. The Hall–Kier alpha value is -4.46. The van der Waals surface area contributed by atoms with E-state index in [1.54, 1.807) is 33.6 Å². The van der Waals surface area contributed by atoms with Crippen molar-refractivity contribution in [1.82, 2.24) is 14.5 Å². The fraction of sp³-hybridized carbons (Fsp3) is 0.207. The maximum absolute atomic E-state index is 13.6. The Bertz CT molecular complexity index is 1430. The minimum atomic E-state index is -0.340. The fourth-order valence-corrected chi connectivity index (χ4v) is 4.42. The van der Waals surface area contributed by atoms with Crippen LogP contribution in [0.1, 0.15) is 11.4 Å². The van der Waals surface area contributed by atoms with Crippen LogP contribution in [0.2, 0.25) is 0 Å². The van der Waals surface area contributed by atoms with Gasteiger partial charge in [-0.15, -0.1) is 0 Å². The summed E-state index contributed by atoms with van der Waals surface area (Å²) in [5.74, 6) is 0.501. The Morgan fingerprint density at radius 2 is 1.76 bits per heavy atom. The van der Waals surface area contributed by atoms with Crippen molar-refractivity contribution in [2.24, 2.45) is 0 Å². The first-order valence-electron chi connectivity index (χ1n) is 12.0. The van der Waals surface area contributed by atoms with Gasteiger partial charge in [-0.1, -0.05) is 35.9 Å². The highest BCUT2D eigenvalue weighted by molar-refractivity contribution is 5.98. The van der Waals surface area contributed by atoms with Gasteiger partial charge < -0.3 is 19.1 Å². The van der Waals surface area contributed by atoms with E-state index >= 15 is 0 Å². The van der Waals surface area contributed by atoms with E-state index in [-0.39, 0.29) is 30.6 Å². The molecule has 4 aromatic rings. The van der Waals surface area contributed by atoms with Gasteiger partial charge in [0.05, 0.1) is 19.2 Å². The molecule has 37 heavy (non-hydrogen) atoms. The summed E-state index contributed by atoms with van der Waals surface area (Å²) in [6, 6.07) is 21.3. The Morgan fingerprint density at radius 3 is 2.46 bits per heavy atom. The number of nitrogens with zero attached hydrogens (tertiary/aromatic N) is 4. The van der Waals surface area contributed by atoms with E-state index in [1.165, 1.54) is 12.1 Å². The van der Waals surface area contributed by atoms with Crippen LogP contribution < -0.4 is 9.64 Å². The molecule has 7 nitrogen and oxygen atoms in total. The molecule has 1 aliphatic heterocycles. The number of ether oxygens (including phenoxy) is 1. The predicted octanol–water partition coefficient (Wildman–Crippen LogP) is 4.41. The van der Waals surface area contributed by atoms with Crippen molar-refractivity contribution < 1.29 is 18.7 Å². The van der Waals surface area contributed by atoms with E-state index in [9.17, 15) is 14.0 Å². The SMILES string of the molecule is COc1cccc(N2CCN(C(=O)Cc3nc(-c4ccc(C)cc4)cn3-c3ccc(F)cc3)CC2=O)c1. The third-order valence-electron chi connectivity index (χ3n) is 6.48. The lowest BCUT2D eigenvalue weighted by molar-refractivity contribution is -0.136. The number of methoxy groups -OCH3 is 1. The molecule has 2 heterocycles. The molecule has 1 aromatic heterocycles. The number of halogens is 1. The quantitative estimate of drug-likeness (QED) is 0.395. The van der Waals surface area contributed by atoms with E-state index in [1.807, 2.05) is 61.7 Å². The van der Waals surface area contributed by atoms with Crippen LogP contribution in [0.4, 0.5) is 10.1 Å². The first-order valence-corrected chi connectivity index (χ1v) is 12.0. The monoisotopic (exact) mass is 498 g/mol. The average molecular weight is 499 g/mol. The smallest absolute Gasteiger partial charge is 0.246 e. The number of imidazole rings is 1. The standard InChI is InChI=1S/C29H27FN4O3/c1-20-6-8-21(9-7-20)26-18-34(23-12-10-22(30)11-13-23)27(31-26)17-28(35)32-14-15-33(29(36)19-32)24-4-3-5-25(16-24)37-2/h3-13,16,18H,14-15,17,19H2,1-2H3. The maximum atomic E-state index is 13.6. The number of carbonyl (C=O) groups is 2. The molecular formula is C29H27FN4O3. The second kappa shape index (κ2) is 10.3. The molecule has 2 amide bonds. The number of anilines is 1. The molecule has 0 spiro atoms. The Morgan fingerprint density at radius 1 is 1.00 bits per heavy atom. The van der Waals surface area contributed by atoms with Gasteiger partial charge in [-0.2, -0.15) is 0 Å². The minimum absolute atomic E-state index is 0.00960. The van der Waals surface area contributed by atoms with Crippen molar-refractivity contribution in [2.45, 2.75) is 13.3 Å². The summed E-state index contributed by atoms with van der Waals surface area (Å²) in [5, 5.41) is 0. The van der Waals surface area contributed by atoms with Crippen LogP contribution >= 0.6 is 0 Å². The zero-order valence-corrected chi connectivity index (χ0v) is 20.7. The van der Waals surface area contributed by atoms with Crippen molar-refractivity contribution >= 4 is 17.5 Å². The second-order valence-corrected chi connectivity index (χ2v) is 8.99. The summed E-state index contributed by atoms with van der Waals surface area (Å²) >= 11 is 0. The van der Waals surface area contributed by atoms with Gasteiger partial charge in [-0.3, -0.25) is 9.59 Å². The number of aryl methyl sites for hydroxylation is 1. The van der Waals surface area contributed by atoms with Crippen molar-refractivity contribution in [3.8, 4) is 22.7 Å². The van der Waals surface area contributed by atoms with Crippen LogP contribution in [0.3, 0.4) is 0 Å². The zero-order chi connectivity index (χ0) is 25.9. The summed E-state index contributed by atoms with van der Waals surface area (Å²) in [5.41, 5.74) is 4.21. The molecule has 0 N–H and O–H groups in total. The highest BCUT2D eigenvalue weighted by Gasteiger charge is 2.29. The third-order valence-corrected chi connectivity index (χ3v) is 6.48. The van der Waals surface area contributed by atoms with Gasteiger partial charge in [0.1, 0.15) is 23.9 Å². The van der Waals surface area contributed by atoms with E-state index in [0.29, 0.717) is 36.0 Å². The molecule has 0 saturated carbocycles. The molecule has 0 radical (unpaired) electrons. The van der Waals surface area contributed by atoms with Crippen LogP contribution in [-0.4, -0.2) is 53.0 Å². The summed E-state index contributed by atoms with van der Waals surface area (Å²) in [6.45, 7) is 2.79. The molecule has 188 valence electrons. The fourth-order valence-electron chi connectivity index (χ4n) is 4.42. The van der Waals surface area contributed by atoms with Gasteiger partial charge in [0.15, 0.2) is 0 Å². The Balaban J connectivity index is 1.37. The molecule has 0 unspecified atom stereocenters. The second-order valence-electron chi connectivity index (χ2n) is 8.99. The van der Waals surface area contributed by atoms with Crippen LogP contribution in [0.25, 0.3) is 16.9 Å². The van der Waals surface area contributed by atoms with Crippen LogP contribution in [0.5, 0.6) is 5.75 Å². The normalized spacial score (nSPS) is 13.6. The van der Waals surface area contributed by atoms with E-state index in [0.717, 1.165) is 16.8 Å². The van der Waals surface area contributed by atoms with Crippen LogP contribution in [0, 0.1) is 12.7 Å². The van der Waals surface area contributed by atoms with Crippen molar-refractivity contribution in [1.29, 1.82) is 0 Å². The molecule has 8 heteroatoms. The van der Waals surface area contributed by atoms with Gasteiger partial charge in [0.2, 0.25) is 11.8 Å². The van der Waals surface area contributed by atoms with Crippen LogP contribution in [-0.2, 0) is 16.0 Å². The first kappa shape index (κ1) is 24.2. The summed E-state index contributed by atoms with van der Waals surface area (Å²) in [6.07, 6.45) is 1.86. The van der Waals surface area contributed by atoms with Gasteiger partial charge in [-0.05, 0) is 43.3 Å². The number of hydrogen-bond acceptors (Lipinski definition) is 4. The molecule has 0 atom stereocenters. The molecule has 0 aliphatic carbocycles. The van der Waals surface area contributed by atoms with Crippen molar-refractivity contribution in [3.63, 3.8) is 0 Å². The first-order chi connectivity index (χ1) is 17.9. The third kappa shape index (κ3) is 5.23. The highest BCUT2D eigenvalue weighted by Crippen LogP contribution is 2.25. The number of piperazine rings is 1. The average Bonchev–Trinajstić information content (AvgIpc) is 3.33. The maximum Gasteiger partial charge on any atom is 0.246 e. The molecule has 1 fully saturated rings. The number of carbonyl (C=O) groups excluding carboxylic acids is 2. The number of hydrogen-bond donors (Lipinski definition) is 0. The van der Waals surface area contributed by atoms with Crippen molar-refractivity contribution in [2.75, 3.05) is 31.6 Å². The summed E-state index contributed by atoms with van der Waals surface area (Å²) < 4.78 is 20.6. The lowest BCUT2D eigenvalue weighted by atomic mass is 10.1. The van der Waals surface area contributed by atoms with E-state index in [2.05, 4.69) is 0 Å². The van der Waals surface area contributed by atoms with E-state index in [4.69, 9.17) is 9.72 Å². The lowest BCUT2D eigenvalue weighted by Crippen LogP contribution is -2.52. The number of amides is 2. The topological polar surface area (TPSA) is 67.7 Å². The van der Waals surface area contributed by atoms with Gasteiger partial charge in [-0.25, -0.2) is 9.37 Å². The zero-order valence-electron chi connectivity index (χ0n) is 20.7. The predicted molar refractivity (Wildman–Crippen MR) is 139 cm³/mol. The molecular weight excluding hydrogens is 471 g/mol. The molecule has 3 aromatic carbocycles. The van der Waals surface area contributed by atoms with Gasteiger partial charge in [0, 0.05) is 42.3 Å². The number of aromatic nitrogens is 2. The van der Waals surface area contributed by atoms with Crippen molar-refractivity contribution in [3.05, 3.63) is 96.2 Å². The van der Waals surface area contributed by atoms with Crippen LogP contribution in [0.15, 0.2) is 79.0 Å². The van der Waals surface area contributed by atoms with Gasteiger partial charge >= 0.3 is 0 Å². The Labute approximate surface area is 214 Å². The van der Waals surface area contributed by atoms with E-state index < -0.39 is 0 Å². The summed E-state index contributed by atoms with van der Waals surface area (Å²) in [7, 11) is 1.58. The molecule has 0 bridgehead atoms. The molecule has 5 rings (SSSR count). The Kier molecular flexibility index (Phi) is 6.72.